The number of nitrogens with zero attached hydrogens (tertiary/aromatic N) is 1. The maximum atomic E-state index is 11.5. The second-order valence-electron chi connectivity index (χ2n) is 4.41. The fraction of sp³-hybridized carbons (Fsp3) is 0.900. The van der Waals surface area contributed by atoms with Gasteiger partial charge in [-0.15, -0.1) is 0 Å². The molecule has 0 aromatic heterocycles. The van der Waals surface area contributed by atoms with Gasteiger partial charge in [0.1, 0.15) is 0 Å². The SMILES string of the molecule is CC(C)N1C(=O)OCCC12CCC2. The van der Waals surface area contributed by atoms with Gasteiger partial charge in [0.25, 0.3) is 0 Å². The van der Waals surface area contributed by atoms with Crippen LogP contribution >= 0.6 is 0 Å². The monoisotopic (exact) mass is 183 g/mol. The van der Waals surface area contributed by atoms with Crippen molar-refractivity contribution in [3.05, 3.63) is 0 Å². The van der Waals surface area contributed by atoms with Crippen LogP contribution in [0.3, 0.4) is 0 Å². The Kier molecular flexibility index (Phi) is 1.97. The number of cyclic esters (lactones) is 1. The van der Waals surface area contributed by atoms with E-state index in [1.54, 1.807) is 0 Å². The topological polar surface area (TPSA) is 29.5 Å². The summed E-state index contributed by atoms with van der Waals surface area (Å²) in [4.78, 5) is 13.5. The van der Waals surface area contributed by atoms with Crippen LogP contribution in [-0.2, 0) is 4.74 Å². The molecule has 0 bridgehead atoms. The van der Waals surface area contributed by atoms with E-state index in [2.05, 4.69) is 13.8 Å². The largest absolute Gasteiger partial charge is 0.449 e. The Hall–Kier alpha value is -0.730. The minimum atomic E-state index is -0.110. The summed E-state index contributed by atoms with van der Waals surface area (Å²) in [7, 11) is 0. The maximum Gasteiger partial charge on any atom is 0.410 e. The van der Waals surface area contributed by atoms with Crippen LogP contribution in [0.4, 0.5) is 4.79 Å². The van der Waals surface area contributed by atoms with Crippen molar-refractivity contribution in [3.8, 4) is 0 Å². The van der Waals surface area contributed by atoms with Crippen molar-refractivity contribution >= 4 is 6.09 Å². The lowest BCUT2D eigenvalue weighted by atomic mass is 9.72. The number of carbonyl (C=O) groups excluding carboxylic acids is 1. The van der Waals surface area contributed by atoms with Gasteiger partial charge in [-0.05, 0) is 33.1 Å². The number of amides is 1. The minimum Gasteiger partial charge on any atom is -0.449 e. The molecule has 1 aliphatic heterocycles. The van der Waals surface area contributed by atoms with Gasteiger partial charge in [-0.2, -0.15) is 0 Å². The number of hydrogen-bond donors (Lipinski definition) is 0. The van der Waals surface area contributed by atoms with Crippen molar-refractivity contribution in [3.63, 3.8) is 0 Å². The van der Waals surface area contributed by atoms with E-state index < -0.39 is 0 Å². The zero-order valence-corrected chi connectivity index (χ0v) is 8.38. The third kappa shape index (κ3) is 1.21. The molecule has 0 aromatic carbocycles. The smallest absolute Gasteiger partial charge is 0.410 e. The zero-order valence-electron chi connectivity index (χ0n) is 8.38. The first-order valence-corrected chi connectivity index (χ1v) is 5.12. The van der Waals surface area contributed by atoms with Crippen molar-refractivity contribution in [2.24, 2.45) is 0 Å². The molecule has 0 radical (unpaired) electrons. The lowest BCUT2D eigenvalue weighted by molar-refractivity contribution is -0.0577. The quantitative estimate of drug-likeness (QED) is 0.623. The molecule has 74 valence electrons. The number of ether oxygens (including phenoxy) is 1. The lowest BCUT2D eigenvalue weighted by Gasteiger charge is -2.53. The fourth-order valence-corrected chi connectivity index (χ4v) is 2.55. The molecule has 0 N–H and O–H groups in total. The van der Waals surface area contributed by atoms with Crippen LogP contribution in [0.15, 0.2) is 0 Å². The average molecular weight is 183 g/mol. The third-order valence-electron chi connectivity index (χ3n) is 3.30. The van der Waals surface area contributed by atoms with Crippen LogP contribution in [0.1, 0.15) is 39.5 Å². The molecule has 13 heavy (non-hydrogen) atoms. The zero-order chi connectivity index (χ0) is 9.47. The molecule has 1 heterocycles. The number of rotatable bonds is 1. The Labute approximate surface area is 79.0 Å². The predicted octanol–water partition coefficient (Wildman–Crippen LogP) is 2.16. The second-order valence-corrected chi connectivity index (χ2v) is 4.41. The summed E-state index contributed by atoms with van der Waals surface area (Å²) in [6, 6.07) is 0.271. The molecular formula is C10H17NO2. The van der Waals surface area contributed by atoms with Crippen molar-refractivity contribution in [1.82, 2.24) is 4.90 Å². The van der Waals surface area contributed by atoms with E-state index in [0.717, 1.165) is 6.42 Å². The van der Waals surface area contributed by atoms with Crippen molar-refractivity contribution in [2.75, 3.05) is 6.61 Å². The summed E-state index contributed by atoms with van der Waals surface area (Å²) >= 11 is 0. The summed E-state index contributed by atoms with van der Waals surface area (Å²) in [6.07, 6.45) is 4.51. The average Bonchev–Trinajstić information content (AvgIpc) is 2.00. The van der Waals surface area contributed by atoms with E-state index in [1.807, 2.05) is 4.90 Å². The highest BCUT2D eigenvalue weighted by Gasteiger charge is 2.48. The van der Waals surface area contributed by atoms with Crippen molar-refractivity contribution in [1.29, 1.82) is 0 Å². The maximum absolute atomic E-state index is 11.5. The van der Waals surface area contributed by atoms with E-state index in [4.69, 9.17) is 4.74 Å². The van der Waals surface area contributed by atoms with Gasteiger partial charge in [-0.1, -0.05) is 0 Å². The first-order valence-electron chi connectivity index (χ1n) is 5.12. The molecule has 1 spiro atoms. The molecule has 3 nitrogen and oxygen atoms in total. The van der Waals surface area contributed by atoms with Crippen molar-refractivity contribution in [2.45, 2.75) is 51.1 Å². The van der Waals surface area contributed by atoms with Crippen LogP contribution in [0, 0.1) is 0 Å². The van der Waals surface area contributed by atoms with Gasteiger partial charge in [0.15, 0.2) is 0 Å². The van der Waals surface area contributed by atoms with E-state index in [1.165, 1.54) is 19.3 Å². The molecule has 2 fully saturated rings. The highest BCUT2D eigenvalue weighted by atomic mass is 16.6. The van der Waals surface area contributed by atoms with Gasteiger partial charge < -0.3 is 4.74 Å². The summed E-state index contributed by atoms with van der Waals surface area (Å²) in [6.45, 7) is 4.74. The molecule has 1 aliphatic carbocycles. The normalized spacial score (nSPS) is 26.1. The molecule has 3 heteroatoms. The van der Waals surface area contributed by atoms with Gasteiger partial charge in [0.2, 0.25) is 0 Å². The highest BCUT2D eigenvalue weighted by molar-refractivity contribution is 5.70. The Balaban J connectivity index is 2.19. The van der Waals surface area contributed by atoms with Crippen LogP contribution in [-0.4, -0.2) is 29.2 Å². The molecule has 0 unspecified atom stereocenters. The Morgan fingerprint density at radius 1 is 1.38 bits per heavy atom. The van der Waals surface area contributed by atoms with Gasteiger partial charge >= 0.3 is 6.09 Å². The Morgan fingerprint density at radius 3 is 2.46 bits per heavy atom. The minimum absolute atomic E-state index is 0.110. The number of hydrogen-bond acceptors (Lipinski definition) is 2. The molecule has 0 atom stereocenters. The first-order chi connectivity index (χ1) is 6.16. The van der Waals surface area contributed by atoms with Gasteiger partial charge in [0, 0.05) is 18.0 Å². The molecular weight excluding hydrogens is 166 g/mol. The van der Waals surface area contributed by atoms with Crippen molar-refractivity contribution < 1.29 is 9.53 Å². The molecule has 2 rings (SSSR count). The summed E-state index contributed by atoms with van der Waals surface area (Å²) in [5.41, 5.74) is 0.170. The highest BCUT2D eigenvalue weighted by Crippen LogP contribution is 2.43. The molecule has 0 aromatic rings. The van der Waals surface area contributed by atoms with Crippen LogP contribution in [0.25, 0.3) is 0 Å². The van der Waals surface area contributed by atoms with Crippen LogP contribution in [0.2, 0.25) is 0 Å². The van der Waals surface area contributed by atoms with Crippen LogP contribution < -0.4 is 0 Å². The lowest BCUT2D eigenvalue weighted by Crippen LogP contribution is -2.62. The Bertz CT molecular complexity index is 221. The fourth-order valence-electron chi connectivity index (χ4n) is 2.55. The second kappa shape index (κ2) is 2.89. The van der Waals surface area contributed by atoms with E-state index in [0.29, 0.717) is 6.61 Å². The Morgan fingerprint density at radius 2 is 2.08 bits per heavy atom. The predicted molar refractivity (Wildman–Crippen MR) is 49.5 cm³/mol. The first kappa shape index (κ1) is 8.85. The molecule has 2 aliphatic rings. The number of carbonyl (C=O) groups is 1. The summed E-state index contributed by atoms with van der Waals surface area (Å²) in [5.74, 6) is 0. The molecule has 1 saturated heterocycles. The van der Waals surface area contributed by atoms with Gasteiger partial charge in [-0.3, -0.25) is 4.90 Å². The summed E-state index contributed by atoms with van der Waals surface area (Å²) < 4.78 is 5.07. The van der Waals surface area contributed by atoms with Gasteiger partial charge in [-0.25, -0.2) is 4.79 Å². The third-order valence-corrected chi connectivity index (χ3v) is 3.30. The van der Waals surface area contributed by atoms with E-state index in [9.17, 15) is 4.79 Å². The van der Waals surface area contributed by atoms with E-state index >= 15 is 0 Å². The molecule has 1 saturated carbocycles. The van der Waals surface area contributed by atoms with Gasteiger partial charge in [0.05, 0.1) is 6.61 Å². The standard InChI is InChI=1S/C10H17NO2/c1-8(2)11-9(12)13-7-6-10(11)4-3-5-10/h8H,3-7H2,1-2H3. The summed E-state index contributed by atoms with van der Waals surface area (Å²) in [5, 5.41) is 0. The molecule has 1 amide bonds. The van der Waals surface area contributed by atoms with E-state index in [-0.39, 0.29) is 17.7 Å². The van der Waals surface area contributed by atoms with Crippen LogP contribution in [0.5, 0.6) is 0 Å².